The number of piperazine rings is 1. The van der Waals surface area contributed by atoms with Crippen molar-refractivity contribution >= 4 is 33.9 Å². The van der Waals surface area contributed by atoms with E-state index in [0.29, 0.717) is 17.1 Å². The van der Waals surface area contributed by atoms with Gasteiger partial charge < -0.3 is 15.0 Å². The van der Waals surface area contributed by atoms with E-state index in [1.807, 2.05) is 18.2 Å². The summed E-state index contributed by atoms with van der Waals surface area (Å²) < 4.78 is 4.95. The Bertz CT molecular complexity index is 857. The number of thiophene rings is 1. The van der Waals surface area contributed by atoms with Crippen LogP contribution in [-0.2, 0) is 22.4 Å². The molecule has 1 aliphatic heterocycles. The van der Waals surface area contributed by atoms with E-state index in [4.69, 9.17) is 4.74 Å². The molecule has 1 saturated heterocycles. The van der Waals surface area contributed by atoms with Crippen LogP contribution in [0.4, 0.5) is 10.7 Å². The number of rotatable bonds is 5. The fourth-order valence-corrected chi connectivity index (χ4v) is 5.28. The number of methoxy groups -OCH3 is 1. The summed E-state index contributed by atoms with van der Waals surface area (Å²) in [6, 6.07) is 10.4. The lowest BCUT2D eigenvalue weighted by Crippen LogP contribution is -2.48. The second-order valence-electron chi connectivity index (χ2n) is 7.20. The normalized spacial score (nSPS) is 16.7. The molecule has 0 saturated carbocycles. The van der Waals surface area contributed by atoms with Gasteiger partial charge in [0.15, 0.2) is 0 Å². The van der Waals surface area contributed by atoms with E-state index in [2.05, 4.69) is 27.2 Å². The molecule has 2 heterocycles. The molecule has 1 N–H and O–H groups in total. The summed E-state index contributed by atoms with van der Waals surface area (Å²) in [4.78, 5) is 30.5. The highest BCUT2D eigenvalue weighted by Gasteiger charge is 2.28. The highest BCUT2D eigenvalue weighted by molar-refractivity contribution is 7.17. The van der Waals surface area contributed by atoms with Gasteiger partial charge in [0, 0.05) is 36.7 Å². The number of aryl methyl sites for hydroxylation is 1. The quantitative estimate of drug-likeness (QED) is 0.784. The number of hydrogen-bond acceptors (Lipinski definition) is 6. The van der Waals surface area contributed by atoms with Crippen LogP contribution in [-0.4, -0.2) is 56.6 Å². The minimum atomic E-state index is -0.355. The van der Waals surface area contributed by atoms with Crippen LogP contribution < -0.4 is 10.2 Å². The predicted molar refractivity (Wildman–Crippen MR) is 111 cm³/mol. The Balaban J connectivity index is 1.35. The predicted octanol–water partition coefficient (Wildman–Crippen LogP) is 2.78. The zero-order chi connectivity index (χ0) is 19.5. The van der Waals surface area contributed by atoms with Crippen LogP contribution in [0.3, 0.4) is 0 Å². The molecule has 148 valence electrons. The lowest BCUT2D eigenvalue weighted by atomic mass is 10.1. The second-order valence-corrected chi connectivity index (χ2v) is 8.31. The third-order valence-electron chi connectivity index (χ3n) is 5.42. The van der Waals surface area contributed by atoms with Gasteiger partial charge in [-0.3, -0.25) is 9.69 Å². The fraction of sp³-hybridized carbons (Fsp3) is 0.429. The number of hydrogen-bond donors (Lipinski definition) is 1. The summed E-state index contributed by atoms with van der Waals surface area (Å²) in [5, 5.41) is 3.61. The third kappa shape index (κ3) is 3.91. The standard InChI is InChI=1S/C21H25N3O3S/c1-27-21(26)19-16-8-5-9-17(16)28-20(19)22-18(25)14-23-10-12-24(13-11-23)15-6-3-2-4-7-15/h2-4,6-7H,5,8-14H2,1H3,(H,22,25). The van der Waals surface area contributed by atoms with Crippen molar-refractivity contribution in [3.63, 3.8) is 0 Å². The first-order chi connectivity index (χ1) is 13.7. The zero-order valence-corrected chi connectivity index (χ0v) is 16.9. The van der Waals surface area contributed by atoms with Crippen LogP contribution in [0.1, 0.15) is 27.2 Å². The molecule has 0 spiro atoms. The van der Waals surface area contributed by atoms with Gasteiger partial charge in [0.05, 0.1) is 19.2 Å². The third-order valence-corrected chi connectivity index (χ3v) is 6.63. The molecule has 0 bridgehead atoms. The van der Waals surface area contributed by atoms with Gasteiger partial charge in [-0.05, 0) is 37.0 Å². The number of esters is 1. The van der Waals surface area contributed by atoms with Crippen LogP contribution >= 0.6 is 11.3 Å². The molecular weight excluding hydrogens is 374 g/mol. The molecular formula is C21H25N3O3S. The van der Waals surface area contributed by atoms with Crippen molar-refractivity contribution < 1.29 is 14.3 Å². The number of carbonyl (C=O) groups excluding carboxylic acids is 2. The van der Waals surface area contributed by atoms with Crippen molar-refractivity contribution in [2.24, 2.45) is 0 Å². The number of anilines is 2. The van der Waals surface area contributed by atoms with Gasteiger partial charge in [0.1, 0.15) is 5.00 Å². The Labute approximate surface area is 169 Å². The molecule has 2 aliphatic rings. The molecule has 1 amide bonds. The highest BCUT2D eigenvalue weighted by Crippen LogP contribution is 2.39. The lowest BCUT2D eigenvalue weighted by molar-refractivity contribution is -0.117. The molecule has 7 heteroatoms. The van der Waals surface area contributed by atoms with Gasteiger partial charge >= 0.3 is 5.97 Å². The molecule has 0 radical (unpaired) electrons. The SMILES string of the molecule is COC(=O)c1c(NC(=O)CN2CCN(c3ccccc3)CC2)sc2c1CCC2. The molecule has 4 rings (SSSR count). The van der Waals surface area contributed by atoms with Gasteiger partial charge in [-0.1, -0.05) is 18.2 Å². The number of nitrogens with zero attached hydrogens (tertiary/aromatic N) is 2. The van der Waals surface area contributed by atoms with Crippen molar-refractivity contribution in [1.82, 2.24) is 4.90 Å². The highest BCUT2D eigenvalue weighted by atomic mass is 32.1. The summed E-state index contributed by atoms with van der Waals surface area (Å²) >= 11 is 1.52. The number of fused-ring (bicyclic) bond motifs is 1. The van der Waals surface area contributed by atoms with Crippen LogP contribution in [0.2, 0.25) is 0 Å². The number of nitrogens with one attached hydrogen (secondary N) is 1. The Morgan fingerprint density at radius 3 is 2.57 bits per heavy atom. The topological polar surface area (TPSA) is 61.9 Å². The van der Waals surface area contributed by atoms with E-state index < -0.39 is 0 Å². The van der Waals surface area contributed by atoms with Gasteiger partial charge in [0.25, 0.3) is 0 Å². The van der Waals surface area contributed by atoms with Gasteiger partial charge in [-0.25, -0.2) is 4.79 Å². The lowest BCUT2D eigenvalue weighted by Gasteiger charge is -2.35. The van der Waals surface area contributed by atoms with Crippen molar-refractivity contribution in [3.8, 4) is 0 Å². The van der Waals surface area contributed by atoms with Crippen molar-refractivity contribution in [2.45, 2.75) is 19.3 Å². The molecule has 2 aromatic rings. The maximum atomic E-state index is 12.6. The Morgan fingerprint density at radius 2 is 1.86 bits per heavy atom. The van der Waals surface area contributed by atoms with Crippen molar-refractivity contribution in [1.29, 1.82) is 0 Å². The first-order valence-corrected chi connectivity index (χ1v) is 10.5. The Hall–Kier alpha value is -2.38. The zero-order valence-electron chi connectivity index (χ0n) is 16.1. The smallest absolute Gasteiger partial charge is 0.341 e. The molecule has 6 nitrogen and oxygen atoms in total. The van der Waals surface area contributed by atoms with Crippen LogP contribution in [0.5, 0.6) is 0 Å². The minimum absolute atomic E-state index is 0.0711. The van der Waals surface area contributed by atoms with Crippen LogP contribution in [0.25, 0.3) is 0 Å². The number of amides is 1. The summed E-state index contributed by atoms with van der Waals surface area (Å²) in [7, 11) is 1.39. The number of carbonyl (C=O) groups is 2. The summed E-state index contributed by atoms with van der Waals surface area (Å²) in [5.41, 5.74) is 2.84. The maximum Gasteiger partial charge on any atom is 0.341 e. The molecule has 1 aromatic heterocycles. The summed E-state index contributed by atoms with van der Waals surface area (Å²) in [6.45, 7) is 3.82. The monoisotopic (exact) mass is 399 g/mol. The average Bonchev–Trinajstić information content (AvgIpc) is 3.29. The Morgan fingerprint density at radius 1 is 1.11 bits per heavy atom. The summed E-state index contributed by atoms with van der Waals surface area (Å²) in [6.07, 6.45) is 2.92. The fourth-order valence-electron chi connectivity index (χ4n) is 3.98. The van der Waals surface area contributed by atoms with E-state index in [9.17, 15) is 9.59 Å². The number of benzene rings is 1. The molecule has 1 fully saturated rings. The van der Waals surface area contributed by atoms with Crippen LogP contribution in [0, 0.1) is 0 Å². The number of para-hydroxylation sites is 1. The largest absolute Gasteiger partial charge is 0.465 e. The van der Waals surface area contributed by atoms with E-state index >= 15 is 0 Å². The minimum Gasteiger partial charge on any atom is -0.465 e. The van der Waals surface area contributed by atoms with Gasteiger partial charge in [-0.2, -0.15) is 0 Å². The van der Waals surface area contributed by atoms with Crippen molar-refractivity contribution in [2.75, 3.05) is 50.1 Å². The van der Waals surface area contributed by atoms with E-state index in [1.165, 1.54) is 29.0 Å². The van der Waals surface area contributed by atoms with E-state index in [-0.39, 0.29) is 11.9 Å². The molecule has 1 aromatic carbocycles. The summed E-state index contributed by atoms with van der Waals surface area (Å²) in [5.74, 6) is -0.426. The van der Waals surface area contributed by atoms with Crippen LogP contribution in [0.15, 0.2) is 30.3 Å². The second kappa shape index (κ2) is 8.32. The molecule has 28 heavy (non-hydrogen) atoms. The maximum absolute atomic E-state index is 12.6. The molecule has 1 aliphatic carbocycles. The van der Waals surface area contributed by atoms with Gasteiger partial charge in [0.2, 0.25) is 5.91 Å². The first-order valence-electron chi connectivity index (χ1n) is 9.70. The average molecular weight is 400 g/mol. The van der Waals surface area contributed by atoms with Crippen molar-refractivity contribution in [3.05, 3.63) is 46.3 Å². The van der Waals surface area contributed by atoms with E-state index in [1.54, 1.807) is 0 Å². The van der Waals surface area contributed by atoms with Gasteiger partial charge in [-0.15, -0.1) is 11.3 Å². The number of ether oxygens (including phenoxy) is 1. The molecule has 0 atom stereocenters. The molecule has 0 unspecified atom stereocenters. The first kappa shape index (κ1) is 19.0. The van der Waals surface area contributed by atoms with E-state index in [0.717, 1.165) is 51.0 Å². The Kier molecular flexibility index (Phi) is 5.64.